The summed E-state index contributed by atoms with van der Waals surface area (Å²) < 4.78 is 0. The number of hydrogen-bond acceptors (Lipinski definition) is 2. The molecule has 1 saturated heterocycles. The van der Waals surface area contributed by atoms with Gasteiger partial charge in [-0.2, -0.15) is 0 Å². The van der Waals surface area contributed by atoms with E-state index in [4.69, 9.17) is 23.2 Å². The van der Waals surface area contributed by atoms with E-state index in [0.29, 0.717) is 10.0 Å². The molecule has 0 bridgehead atoms. The minimum atomic E-state index is 0.0580. The molecule has 1 aliphatic heterocycles. The number of nitrogens with one attached hydrogen (secondary N) is 1. The van der Waals surface area contributed by atoms with E-state index in [-0.39, 0.29) is 6.03 Å². The fourth-order valence-electron chi connectivity index (χ4n) is 2.49. The summed E-state index contributed by atoms with van der Waals surface area (Å²) in [7, 11) is 0. The Kier molecular flexibility index (Phi) is 6.80. The second kappa shape index (κ2) is 8.61. The van der Waals surface area contributed by atoms with E-state index in [0.717, 1.165) is 57.7 Å². The minimum absolute atomic E-state index is 0.0580. The van der Waals surface area contributed by atoms with E-state index >= 15 is 0 Å². The summed E-state index contributed by atoms with van der Waals surface area (Å²) in [5.41, 5.74) is 1.15. The fraction of sp³-hybridized carbons (Fsp3) is 0.562. The van der Waals surface area contributed by atoms with Crippen molar-refractivity contribution in [2.24, 2.45) is 0 Å². The van der Waals surface area contributed by atoms with Gasteiger partial charge in [-0.15, -0.1) is 0 Å². The summed E-state index contributed by atoms with van der Waals surface area (Å²) >= 11 is 12.0. The van der Waals surface area contributed by atoms with Crippen LogP contribution in [-0.2, 0) is 6.54 Å². The molecule has 1 aromatic rings. The lowest BCUT2D eigenvalue weighted by atomic mass is 10.2. The number of amides is 2. The van der Waals surface area contributed by atoms with Crippen molar-refractivity contribution >= 4 is 29.2 Å². The van der Waals surface area contributed by atoms with Crippen LogP contribution in [0.2, 0.25) is 10.0 Å². The predicted octanol–water partition coefficient (Wildman–Crippen LogP) is 3.62. The number of carbonyl (C=O) groups is 1. The number of carbonyl (C=O) groups excluding carboxylic acids is 1. The van der Waals surface area contributed by atoms with Crippen LogP contribution in [0.25, 0.3) is 0 Å². The molecule has 122 valence electrons. The largest absolute Gasteiger partial charge is 0.338 e. The first-order chi connectivity index (χ1) is 10.6. The summed E-state index contributed by atoms with van der Waals surface area (Å²) in [6.07, 6.45) is 2.13. The third-order valence-electron chi connectivity index (χ3n) is 3.86. The van der Waals surface area contributed by atoms with Crippen LogP contribution in [-0.4, -0.2) is 48.6 Å². The van der Waals surface area contributed by atoms with Gasteiger partial charge in [0.05, 0.1) is 10.0 Å². The van der Waals surface area contributed by atoms with Gasteiger partial charge in [0.15, 0.2) is 0 Å². The summed E-state index contributed by atoms with van der Waals surface area (Å²) in [4.78, 5) is 16.2. The van der Waals surface area contributed by atoms with Gasteiger partial charge in [-0.1, -0.05) is 42.6 Å². The molecule has 6 heteroatoms. The number of nitrogens with zero attached hydrogens (tertiary/aromatic N) is 2. The smallest absolute Gasteiger partial charge is 0.317 e. The lowest BCUT2D eigenvalue weighted by molar-refractivity contribution is 0.135. The highest BCUT2D eigenvalue weighted by molar-refractivity contribution is 6.42. The summed E-state index contributed by atoms with van der Waals surface area (Å²) in [5, 5.41) is 4.14. The maximum Gasteiger partial charge on any atom is 0.317 e. The van der Waals surface area contributed by atoms with Crippen molar-refractivity contribution in [1.82, 2.24) is 15.1 Å². The van der Waals surface area contributed by atoms with Crippen LogP contribution in [0.3, 0.4) is 0 Å². The Bertz CT molecular complexity index is 502. The zero-order valence-corrected chi connectivity index (χ0v) is 14.5. The van der Waals surface area contributed by atoms with Gasteiger partial charge in [0.25, 0.3) is 0 Å². The molecular weight excluding hydrogens is 321 g/mol. The number of rotatable bonds is 5. The van der Waals surface area contributed by atoms with Gasteiger partial charge in [-0.3, -0.25) is 4.90 Å². The number of hydrogen-bond donors (Lipinski definition) is 1. The number of halogens is 2. The standard InChI is InChI=1S/C16H23Cl2N3O/c1-2-3-6-19-16(22)21-9-7-20(8-10-21)12-13-4-5-14(17)15(18)11-13/h4-5,11H,2-3,6-10,12H2,1H3,(H,19,22). The summed E-state index contributed by atoms with van der Waals surface area (Å²) in [6.45, 7) is 7.00. The molecule has 0 unspecified atom stereocenters. The second-order valence-electron chi connectivity index (χ2n) is 5.60. The molecule has 1 aliphatic rings. The van der Waals surface area contributed by atoms with E-state index in [2.05, 4.69) is 17.1 Å². The third-order valence-corrected chi connectivity index (χ3v) is 4.60. The van der Waals surface area contributed by atoms with E-state index in [1.165, 1.54) is 0 Å². The Morgan fingerprint density at radius 2 is 1.91 bits per heavy atom. The van der Waals surface area contributed by atoms with Gasteiger partial charge in [0.2, 0.25) is 0 Å². The molecule has 1 fully saturated rings. The van der Waals surface area contributed by atoms with Crippen LogP contribution in [0.1, 0.15) is 25.3 Å². The first-order valence-electron chi connectivity index (χ1n) is 7.79. The van der Waals surface area contributed by atoms with Gasteiger partial charge >= 0.3 is 6.03 Å². The van der Waals surface area contributed by atoms with E-state index in [1.54, 1.807) is 0 Å². The summed E-state index contributed by atoms with van der Waals surface area (Å²) in [5.74, 6) is 0. The topological polar surface area (TPSA) is 35.6 Å². The van der Waals surface area contributed by atoms with Crippen molar-refractivity contribution in [1.29, 1.82) is 0 Å². The second-order valence-corrected chi connectivity index (χ2v) is 6.41. The molecule has 2 rings (SSSR count). The normalized spacial score (nSPS) is 15.9. The zero-order valence-electron chi connectivity index (χ0n) is 12.9. The van der Waals surface area contributed by atoms with Crippen LogP contribution in [0.15, 0.2) is 18.2 Å². The molecule has 22 heavy (non-hydrogen) atoms. The average molecular weight is 344 g/mol. The van der Waals surface area contributed by atoms with E-state index < -0.39 is 0 Å². The molecule has 1 heterocycles. The molecule has 0 saturated carbocycles. The lowest BCUT2D eigenvalue weighted by Crippen LogP contribution is -2.51. The van der Waals surface area contributed by atoms with Gasteiger partial charge in [-0.25, -0.2) is 4.79 Å². The molecule has 0 radical (unpaired) electrons. The SMILES string of the molecule is CCCCNC(=O)N1CCN(Cc2ccc(Cl)c(Cl)c2)CC1. The Balaban J connectivity index is 1.77. The van der Waals surface area contributed by atoms with Crippen LogP contribution < -0.4 is 5.32 Å². The van der Waals surface area contributed by atoms with Gasteiger partial charge in [0.1, 0.15) is 0 Å². The van der Waals surface area contributed by atoms with Gasteiger partial charge in [-0.05, 0) is 24.1 Å². The Hall–Kier alpha value is -0.970. The van der Waals surface area contributed by atoms with E-state index in [9.17, 15) is 4.79 Å². The van der Waals surface area contributed by atoms with Gasteiger partial charge < -0.3 is 10.2 Å². The quantitative estimate of drug-likeness (QED) is 0.828. The Labute approximate surface area is 142 Å². The molecule has 1 N–H and O–H groups in total. The molecular formula is C16H23Cl2N3O. The first-order valence-corrected chi connectivity index (χ1v) is 8.55. The van der Waals surface area contributed by atoms with E-state index in [1.807, 2.05) is 23.1 Å². The van der Waals surface area contributed by atoms with Crippen LogP contribution in [0.4, 0.5) is 4.79 Å². The molecule has 0 spiro atoms. The number of unbranched alkanes of at least 4 members (excludes halogenated alkanes) is 1. The van der Waals surface area contributed by atoms with Crippen LogP contribution >= 0.6 is 23.2 Å². The molecule has 1 aromatic carbocycles. The number of benzene rings is 1. The Morgan fingerprint density at radius 1 is 1.18 bits per heavy atom. The molecule has 0 aliphatic carbocycles. The molecule has 0 atom stereocenters. The third kappa shape index (κ3) is 5.04. The van der Waals surface area contributed by atoms with Crippen molar-refractivity contribution < 1.29 is 4.79 Å². The Morgan fingerprint density at radius 3 is 2.55 bits per heavy atom. The van der Waals surface area contributed by atoms with Crippen molar-refractivity contribution in [3.8, 4) is 0 Å². The fourth-order valence-corrected chi connectivity index (χ4v) is 2.81. The van der Waals surface area contributed by atoms with Crippen LogP contribution in [0, 0.1) is 0 Å². The highest BCUT2D eigenvalue weighted by Crippen LogP contribution is 2.23. The van der Waals surface area contributed by atoms with Crippen molar-refractivity contribution in [3.05, 3.63) is 33.8 Å². The monoisotopic (exact) mass is 343 g/mol. The zero-order chi connectivity index (χ0) is 15.9. The molecule has 2 amide bonds. The first kappa shape index (κ1) is 17.4. The highest BCUT2D eigenvalue weighted by atomic mass is 35.5. The van der Waals surface area contributed by atoms with Crippen LogP contribution in [0.5, 0.6) is 0 Å². The summed E-state index contributed by atoms with van der Waals surface area (Å²) in [6, 6.07) is 5.80. The minimum Gasteiger partial charge on any atom is -0.338 e. The lowest BCUT2D eigenvalue weighted by Gasteiger charge is -2.34. The average Bonchev–Trinajstić information content (AvgIpc) is 2.52. The van der Waals surface area contributed by atoms with Crippen molar-refractivity contribution in [2.45, 2.75) is 26.3 Å². The number of urea groups is 1. The maximum absolute atomic E-state index is 12.0. The predicted molar refractivity (Wildman–Crippen MR) is 91.6 cm³/mol. The maximum atomic E-state index is 12.0. The van der Waals surface area contributed by atoms with Gasteiger partial charge in [0, 0.05) is 39.3 Å². The molecule has 4 nitrogen and oxygen atoms in total. The molecule has 0 aromatic heterocycles. The van der Waals surface area contributed by atoms with Crippen molar-refractivity contribution in [3.63, 3.8) is 0 Å². The van der Waals surface area contributed by atoms with Crippen molar-refractivity contribution in [2.75, 3.05) is 32.7 Å². The highest BCUT2D eigenvalue weighted by Gasteiger charge is 2.20. The number of piperazine rings is 1.